The highest BCUT2D eigenvalue weighted by atomic mass is 16.6. The van der Waals surface area contributed by atoms with Crippen LogP contribution in [0.5, 0.6) is 5.75 Å². The SMILES string of the molecule is CCCOc1cc(NCC2COCCO2)ccc1[N+](=O)[O-]. The third-order valence-corrected chi connectivity index (χ3v) is 3.04. The van der Waals surface area contributed by atoms with E-state index in [1.165, 1.54) is 6.07 Å². The van der Waals surface area contributed by atoms with Crippen molar-refractivity contribution in [2.75, 3.05) is 38.3 Å². The highest BCUT2D eigenvalue weighted by molar-refractivity contribution is 5.58. The molecule has 0 aromatic heterocycles. The van der Waals surface area contributed by atoms with Gasteiger partial charge in [0, 0.05) is 24.4 Å². The van der Waals surface area contributed by atoms with Crippen LogP contribution in [0.4, 0.5) is 11.4 Å². The quantitative estimate of drug-likeness (QED) is 0.613. The Balaban J connectivity index is 2.00. The molecule has 1 aliphatic rings. The number of nitro benzene ring substituents is 1. The number of benzene rings is 1. The fraction of sp³-hybridized carbons (Fsp3) is 0.571. The second-order valence-electron chi connectivity index (χ2n) is 4.74. The summed E-state index contributed by atoms with van der Waals surface area (Å²) in [6, 6.07) is 4.77. The Labute approximate surface area is 123 Å². The van der Waals surface area contributed by atoms with E-state index < -0.39 is 4.92 Å². The number of nitrogens with zero attached hydrogens (tertiary/aromatic N) is 1. The summed E-state index contributed by atoms with van der Waals surface area (Å²) in [7, 11) is 0. The van der Waals surface area contributed by atoms with Gasteiger partial charge in [-0.25, -0.2) is 0 Å². The number of hydrogen-bond acceptors (Lipinski definition) is 6. The van der Waals surface area contributed by atoms with E-state index >= 15 is 0 Å². The average molecular weight is 296 g/mol. The maximum absolute atomic E-state index is 11.0. The van der Waals surface area contributed by atoms with Crippen LogP contribution in [0.25, 0.3) is 0 Å². The molecule has 1 aliphatic heterocycles. The zero-order valence-corrected chi connectivity index (χ0v) is 12.0. The van der Waals surface area contributed by atoms with Crippen LogP contribution in [-0.4, -0.2) is 44.0 Å². The lowest BCUT2D eigenvalue weighted by Crippen LogP contribution is -2.34. The minimum Gasteiger partial charge on any atom is -0.487 e. The van der Waals surface area contributed by atoms with E-state index in [2.05, 4.69) is 5.32 Å². The molecule has 0 radical (unpaired) electrons. The van der Waals surface area contributed by atoms with Gasteiger partial charge in [0.25, 0.3) is 0 Å². The minimum absolute atomic E-state index is 0.00560. The molecule has 1 saturated heterocycles. The van der Waals surface area contributed by atoms with Crippen molar-refractivity contribution in [3.63, 3.8) is 0 Å². The summed E-state index contributed by atoms with van der Waals surface area (Å²) < 4.78 is 16.3. The topological polar surface area (TPSA) is 82.9 Å². The first kappa shape index (κ1) is 15.5. The van der Waals surface area contributed by atoms with E-state index in [1.807, 2.05) is 6.92 Å². The van der Waals surface area contributed by atoms with Gasteiger partial charge in [0.05, 0.1) is 37.5 Å². The lowest BCUT2D eigenvalue weighted by Gasteiger charge is -2.23. The molecule has 1 N–H and O–H groups in total. The number of nitro groups is 1. The molecular weight excluding hydrogens is 276 g/mol. The van der Waals surface area contributed by atoms with Gasteiger partial charge in [-0.2, -0.15) is 0 Å². The van der Waals surface area contributed by atoms with E-state index in [0.29, 0.717) is 33.0 Å². The Kier molecular flexibility index (Phi) is 5.77. The van der Waals surface area contributed by atoms with Crippen LogP contribution in [-0.2, 0) is 9.47 Å². The first-order chi connectivity index (χ1) is 10.2. The lowest BCUT2D eigenvalue weighted by molar-refractivity contribution is -0.385. The molecule has 1 unspecified atom stereocenters. The van der Waals surface area contributed by atoms with E-state index in [1.54, 1.807) is 12.1 Å². The highest BCUT2D eigenvalue weighted by Crippen LogP contribution is 2.30. The van der Waals surface area contributed by atoms with E-state index in [4.69, 9.17) is 14.2 Å². The Bertz CT molecular complexity index is 474. The number of anilines is 1. The molecule has 21 heavy (non-hydrogen) atoms. The van der Waals surface area contributed by atoms with Crippen LogP contribution < -0.4 is 10.1 Å². The van der Waals surface area contributed by atoms with Crippen molar-refractivity contribution in [1.29, 1.82) is 0 Å². The first-order valence-corrected chi connectivity index (χ1v) is 7.05. The third kappa shape index (κ3) is 4.57. The molecular formula is C14H20N2O5. The predicted octanol–water partition coefficient (Wildman–Crippen LogP) is 2.21. The Morgan fingerprint density at radius 3 is 3.00 bits per heavy atom. The predicted molar refractivity (Wildman–Crippen MR) is 77.9 cm³/mol. The molecule has 7 heteroatoms. The van der Waals surface area contributed by atoms with Gasteiger partial charge in [-0.05, 0) is 12.5 Å². The normalized spacial score (nSPS) is 18.2. The number of nitrogens with one attached hydrogen (secondary N) is 1. The molecule has 116 valence electrons. The monoisotopic (exact) mass is 296 g/mol. The second-order valence-corrected chi connectivity index (χ2v) is 4.74. The Hall–Kier alpha value is -1.86. The molecule has 1 fully saturated rings. The van der Waals surface area contributed by atoms with E-state index in [0.717, 1.165) is 12.1 Å². The summed E-state index contributed by atoms with van der Waals surface area (Å²) in [6.45, 7) is 4.77. The van der Waals surface area contributed by atoms with Gasteiger partial charge in [-0.15, -0.1) is 0 Å². The number of ether oxygens (including phenoxy) is 3. The van der Waals surface area contributed by atoms with Crippen LogP contribution in [0.2, 0.25) is 0 Å². The van der Waals surface area contributed by atoms with Gasteiger partial charge in [0.15, 0.2) is 5.75 Å². The van der Waals surface area contributed by atoms with E-state index in [-0.39, 0.29) is 17.5 Å². The fourth-order valence-corrected chi connectivity index (χ4v) is 1.99. The second kappa shape index (κ2) is 7.80. The zero-order chi connectivity index (χ0) is 15.1. The maximum Gasteiger partial charge on any atom is 0.311 e. The molecule has 0 saturated carbocycles. The number of hydrogen-bond donors (Lipinski definition) is 1. The molecule has 2 rings (SSSR count). The molecule has 1 heterocycles. The smallest absolute Gasteiger partial charge is 0.311 e. The third-order valence-electron chi connectivity index (χ3n) is 3.04. The summed E-state index contributed by atoms with van der Waals surface area (Å²) in [4.78, 5) is 10.5. The molecule has 0 aliphatic carbocycles. The summed E-state index contributed by atoms with van der Waals surface area (Å²) in [6.07, 6.45) is 0.788. The van der Waals surface area contributed by atoms with Crippen molar-refractivity contribution in [3.8, 4) is 5.75 Å². The van der Waals surface area contributed by atoms with Crippen molar-refractivity contribution in [2.45, 2.75) is 19.4 Å². The maximum atomic E-state index is 11.0. The van der Waals surface area contributed by atoms with Crippen molar-refractivity contribution in [1.82, 2.24) is 0 Å². The average Bonchev–Trinajstić information content (AvgIpc) is 2.51. The van der Waals surface area contributed by atoms with Crippen LogP contribution >= 0.6 is 0 Å². The summed E-state index contributed by atoms with van der Waals surface area (Å²) >= 11 is 0. The van der Waals surface area contributed by atoms with Crippen molar-refractivity contribution in [2.24, 2.45) is 0 Å². The van der Waals surface area contributed by atoms with Gasteiger partial charge in [-0.3, -0.25) is 10.1 Å². The summed E-state index contributed by atoms with van der Waals surface area (Å²) in [5.41, 5.74) is 0.743. The summed E-state index contributed by atoms with van der Waals surface area (Å²) in [5, 5.41) is 14.2. The molecule has 0 bridgehead atoms. The fourth-order valence-electron chi connectivity index (χ4n) is 1.99. The largest absolute Gasteiger partial charge is 0.487 e. The van der Waals surface area contributed by atoms with Crippen molar-refractivity contribution in [3.05, 3.63) is 28.3 Å². The molecule has 1 atom stereocenters. The zero-order valence-electron chi connectivity index (χ0n) is 12.0. The van der Waals surface area contributed by atoms with Crippen LogP contribution in [0.15, 0.2) is 18.2 Å². The van der Waals surface area contributed by atoms with Crippen LogP contribution in [0.1, 0.15) is 13.3 Å². The molecule has 1 aromatic rings. The molecule has 7 nitrogen and oxygen atoms in total. The Morgan fingerprint density at radius 2 is 2.33 bits per heavy atom. The minimum atomic E-state index is -0.438. The highest BCUT2D eigenvalue weighted by Gasteiger charge is 2.17. The van der Waals surface area contributed by atoms with Gasteiger partial charge in [0.1, 0.15) is 0 Å². The van der Waals surface area contributed by atoms with Crippen molar-refractivity contribution < 1.29 is 19.1 Å². The standard InChI is InChI=1S/C14H20N2O5/c1-2-5-21-14-8-11(3-4-13(14)16(17)18)15-9-12-10-19-6-7-20-12/h3-4,8,12,15H,2,5-7,9-10H2,1H3. The van der Waals surface area contributed by atoms with E-state index in [9.17, 15) is 10.1 Å². The lowest BCUT2D eigenvalue weighted by atomic mass is 10.2. The van der Waals surface area contributed by atoms with Crippen LogP contribution in [0, 0.1) is 10.1 Å². The first-order valence-electron chi connectivity index (χ1n) is 7.05. The van der Waals surface area contributed by atoms with Gasteiger partial charge >= 0.3 is 5.69 Å². The molecule has 1 aromatic carbocycles. The molecule has 0 spiro atoms. The number of rotatable bonds is 7. The molecule has 0 amide bonds. The Morgan fingerprint density at radius 1 is 1.48 bits per heavy atom. The van der Waals surface area contributed by atoms with Gasteiger partial charge in [-0.1, -0.05) is 6.92 Å². The van der Waals surface area contributed by atoms with Gasteiger partial charge in [0.2, 0.25) is 0 Å². The van der Waals surface area contributed by atoms with Gasteiger partial charge < -0.3 is 19.5 Å². The van der Waals surface area contributed by atoms with Crippen LogP contribution in [0.3, 0.4) is 0 Å². The summed E-state index contributed by atoms with van der Waals surface area (Å²) in [5.74, 6) is 0.285. The van der Waals surface area contributed by atoms with Crippen molar-refractivity contribution >= 4 is 11.4 Å².